The van der Waals surface area contributed by atoms with Crippen LogP contribution in [0.3, 0.4) is 0 Å². The lowest BCUT2D eigenvalue weighted by atomic mass is 9.59. The minimum atomic E-state index is -0.486. The normalized spacial score (nSPS) is 24.6. The molecular formula is C20H19NO3. The number of para-hydroxylation sites is 1. The second kappa shape index (κ2) is 5.48. The van der Waals surface area contributed by atoms with Gasteiger partial charge in [0.15, 0.2) is 5.78 Å². The number of hydrogen-bond acceptors (Lipinski definition) is 3. The molecule has 1 saturated carbocycles. The molecule has 0 N–H and O–H groups in total. The van der Waals surface area contributed by atoms with E-state index in [4.69, 9.17) is 4.74 Å². The molecule has 0 aromatic heterocycles. The Morgan fingerprint density at radius 1 is 1.17 bits per heavy atom. The highest BCUT2D eigenvalue weighted by molar-refractivity contribution is 6.12. The predicted octanol–water partition coefficient (Wildman–Crippen LogP) is 4.19. The topological polar surface area (TPSA) is 46.6 Å². The van der Waals surface area contributed by atoms with Gasteiger partial charge in [-0.25, -0.2) is 4.79 Å². The summed E-state index contributed by atoms with van der Waals surface area (Å²) in [5.41, 5.74) is 1.75. The second-order valence-corrected chi connectivity index (χ2v) is 6.73. The van der Waals surface area contributed by atoms with Crippen LogP contribution in [0.1, 0.15) is 35.7 Å². The predicted molar refractivity (Wildman–Crippen MR) is 91.0 cm³/mol. The minimum absolute atomic E-state index is 0.108. The van der Waals surface area contributed by atoms with Crippen LogP contribution in [0, 0.1) is 5.41 Å². The van der Waals surface area contributed by atoms with Crippen LogP contribution in [0.15, 0.2) is 54.6 Å². The zero-order valence-corrected chi connectivity index (χ0v) is 13.6. The van der Waals surface area contributed by atoms with Crippen LogP contribution in [0.4, 0.5) is 10.5 Å². The third kappa shape index (κ3) is 2.13. The zero-order valence-electron chi connectivity index (χ0n) is 13.6. The average molecular weight is 321 g/mol. The first-order valence-corrected chi connectivity index (χ1v) is 8.25. The third-order valence-electron chi connectivity index (χ3n) is 5.31. The molecule has 122 valence electrons. The maximum Gasteiger partial charge on any atom is 0.414 e. The largest absolute Gasteiger partial charge is 0.444 e. The van der Waals surface area contributed by atoms with Crippen LogP contribution in [-0.4, -0.2) is 17.9 Å². The molecule has 4 nitrogen and oxygen atoms in total. The molecule has 0 spiro atoms. The van der Waals surface area contributed by atoms with Crippen molar-refractivity contribution in [2.75, 3.05) is 4.90 Å². The van der Waals surface area contributed by atoms with E-state index in [1.54, 1.807) is 11.0 Å². The van der Waals surface area contributed by atoms with Crippen LogP contribution in [0.2, 0.25) is 0 Å². The van der Waals surface area contributed by atoms with Gasteiger partial charge in [0.1, 0.15) is 6.61 Å². The number of ether oxygens (including phenoxy) is 1. The highest BCUT2D eigenvalue weighted by atomic mass is 16.6. The van der Waals surface area contributed by atoms with E-state index < -0.39 is 5.41 Å². The lowest BCUT2D eigenvalue weighted by Crippen LogP contribution is -2.62. The Balaban J connectivity index is 1.63. The molecule has 2 atom stereocenters. The molecular weight excluding hydrogens is 302 g/mol. The lowest BCUT2D eigenvalue weighted by molar-refractivity contribution is 0.0516. The van der Waals surface area contributed by atoms with E-state index >= 15 is 0 Å². The van der Waals surface area contributed by atoms with E-state index in [9.17, 15) is 9.59 Å². The standard InChI is InChI=1S/C20H19NO3/c1-20-12-11-17(20)21(16-10-6-5-9-15(16)18(20)22)19(23)24-13-14-7-3-2-4-8-14/h2-10,17H,11-13H2,1H3. The van der Waals surface area contributed by atoms with Gasteiger partial charge in [0, 0.05) is 5.56 Å². The molecule has 0 saturated heterocycles. The fourth-order valence-electron chi connectivity index (χ4n) is 3.75. The first kappa shape index (κ1) is 14.9. The molecule has 2 unspecified atom stereocenters. The van der Waals surface area contributed by atoms with Crippen LogP contribution >= 0.6 is 0 Å². The Kier molecular flexibility index (Phi) is 3.41. The Labute approximate surface area is 141 Å². The zero-order chi connectivity index (χ0) is 16.7. The number of anilines is 1. The highest BCUT2D eigenvalue weighted by Crippen LogP contribution is 2.52. The van der Waals surface area contributed by atoms with E-state index in [-0.39, 0.29) is 24.5 Å². The molecule has 24 heavy (non-hydrogen) atoms. The second-order valence-electron chi connectivity index (χ2n) is 6.73. The van der Waals surface area contributed by atoms with E-state index in [1.807, 2.05) is 55.5 Å². The van der Waals surface area contributed by atoms with Gasteiger partial charge in [-0.3, -0.25) is 9.69 Å². The van der Waals surface area contributed by atoms with Gasteiger partial charge in [-0.2, -0.15) is 0 Å². The maximum absolute atomic E-state index is 12.8. The molecule has 4 rings (SSSR count). The van der Waals surface area contributed by atoms with E-state index in [2.05, 4.69) is 0 Å². The number of carbonyl (C=O) groups excluding carboxylic acids is 2. The van der Waals surface area contributed by atoms with Crippen LogP contribution in [0.5, 0.6) is 0 Å². The van der Waals surface area contributed by atoms with Crippen molar-refractivity contribution in [3.8, 4) is 0 Å². The van der Waals surface area contributed by atoms with Gasteiger partial charge in [-0.05, 0) is 30.5 Å². The van der Waals surface area contributed by atoms with Crippen LogP contribution in [0.25, 0.3) is 0 Å². The lowest BCUT2D eigenvalue weighted by Gasteiger charge is -2.54. The summed E-state index contributed by atoms with van der Waals surface area (Å²) in [5.74, 6) is 0.140. The van der Waals surface area contributed by atoms with Gasteiger partial charge in [0.2, 0.25) is 0 Å². The van der Waals surface area contributed by atoms with Gasteiger partial charge in [-0.15, -0.1) is 0 Å². The summed E-state index contributed by atoms with van der Waals surface area (Å²) in [6.45, 7) is 2.19. The molecule has 1 aliphatic carbocycles. The Bertz CT molecular complexity index is 802. The molecule has 2 aromatic carbocycles. The molecule has 1 fully saturated rings. The summed E-state index contributed by atoms with van der Waals surface area (Å²) < 4.78 is 5.53. The summed E-state index contributed by atoms with van der Waals surface area (Å²) in [4.78, 5) is 27.2. The molecule has 2 aliphatic rings. The molecule has 1 amide bonds. The fourth-order valence-corrected chi connectivity index (χ4v) is 3.75. The number of benzene rings is 2. The first-order chi connectivity index (χ1) is 11.6. The van der Waals surface area contributed by atoms with Gasteiger partial charge in [0.25, 0.3) is 0 Å². The van der Waals surface area contributed by atoms with Crippen molar-refractivity contribution in [3.05, 3.63) is 65.7 Å². The Hall–Kier alpha value is -2.62. The van der Waals surface area contributed by atoms with Gasteiger partial charge >= 0.3 is 6.09 Å². The van der Waals surface area contributed by atoms with Gasteiger partial charge in [-0.1, -0.05) is 49.4 Å². The molecule has 1 aliphatic heterocycles. The van der Waals surface area contributed by atoms with Crippen molar-refractivity contribution in [3.63, 3.8) is 0 Å². The number of amides is 1. The monoisotopic (exact) mass is 321 g/mol. The van der Waals surface area contributed by atoms with Crippen molar-refractivity contribution in [2.24, 2.45) is 5.41 Å². The third-order valence-corrected chi connectivity index (χ3v) is 5.31. The van der Waals surface area contributed by atoms with Crippen molar-refractivity contribution < 1.29 is 14.3 Å². The smallest absolute Gasteiger partial charge is 0.414 e. The van der Waals surface area contributed by atoms with Crippen molar-refractivity contribution in [1.82, 2.24) is 0 Å². The fraction of sp³-hybridized carbons (Fsp3) is 0.300. The van der Waals surface area contributed by atoms with Gasteiger partial charge < -0.3 is 4.74 Å². The molecule has 0 radical (unpaired) electrons. The first-order valence-electron chi connectivity index (χ1n) is 8.25. The summed E-state index contributed by atoms with van der Waals surface area (Å²) in [7, 11) is 0. The van der Waals surface area contributed by atoms with Gasteiger partial charge in [0.05, 0.1) is 17.1 Å². The molecule has 4 heteroatoms. The Morgan fingerprint density at radius 2 is 1.88 bits per heavy atom. The number of hydrogen-bond donors (Lipinski definition) is 0. The maximum atomic E-state index is 12.8. The molecule has 0 bridgehead atoms. The number of fused-ring (bicyclic) bond motifs is 2. The summed E-state index contributed by atoms with van der Waals surface area (Å²) >= 11 is 0. The van der Waals surface area contributed by atoms with E-state index in [0.29, 0.717) is 11.3 Å². The summed E-state index contributed by atoms with van der Waals surface area (Å²) in [6.07, 6.45) is 1.26. The molecule has 1 heterocycles. The highest BCUT2D eigenvalue weighted by Gasteiger charge is 2.57. The van der Waals surface area contributed by atoms with Crippen LogP contribution < -0.4 is 4.90 Å². The van der Waals surface area contributed by atoms with Crippen molar-refractivity contribution in [1.29, 1.82) is 0 Å². The summed E-state index contributed by atoms with van der Waals surface area (Å²) in [5, 5.41) is 0. The number of ketones is 1. The summed E-state index contributed by atoms with van der Waals surface area (Å²) in [6, 6.07) is 16.8. The van der Waals surface area contributed by atoms with Crippen LogP contribution in [-0.2, 0) is 11.3 Å². The number of rotatable bonds is 2. The molecule has 2 aromatic rings. The number of carbonyl (C=O) groups is 2. The minimum Gasteiger partial charge on any atom is -0.444 e. The SMILES string of the molecule is CC12CCC1N(C(=O)OCc1ccccc1)c1ccccc1C2=O. The average Bonchev–Trinajstić information content (AvgIpc) is 2.62. The number of Topliss-reactive ketones (excluding diaryl/α,β-unsaturated/α-hetero) is 1. The quantitative estimate of drug-likeness (QED) is 0.833. The van der Waals surface area contributed by atoms with E-state index in [1.165, 1.54) is 0 Å². The number of nitrogens with zero attached hydrogens (tertiary/aromatic N) is 1. The van der Waals surface area contributed by atoms with Crippen molar-refractivity contribution >= 4 is 17.6 Å². The Morgan fingerprint density at radius 3 is 2.58 bits per heavy atom. The van der Waals surface area contributed by atoms with Crippen molar-refractivity contribution in [2.45, 2.75) is 32.4 Å². The van der Waals surface area contributed by atoms with E-state index in [0.717, 1.165) is 18.4 Å².